The number of rotatable bonds is 2. The van der Waals surface area contributed by atoms with Crippen LogP contribution in [0.4, 0.5) is 5.69 Å². The van der Waals surface area contributed by atoms with Crippen molar-refractivity contribution in [3.05, 3.63) is 29.3 Å². The summed E-state index contributed by atoms with van der Waals surface area (Å²) in [4.78, 5) is 0. The van der Waals surface area contributed by atoms with E-state index in [2.05, 4.69) is 10.2 Å². The van der Waals surface area contributed by atoms with Crippen LogP contribution in [-0.4, -0.2) is 19.6 Å². The van der Waals surface area contributed by atoms with Crippen LogP contribution in [0.1, 0.15) is 17.0 Å². The number of nitrogens with two attached hydrogens (primary N) is 1. The number of anilines is 1. The van der Waals surface area contributed by atoms with E-state index < -0.39 is 0 Å². The summed E-state index contributed by atoms with van der Waals surface area (Å²) < 4.78 is 3.65. The molecule has 0 atom stereocenters. The van der Waals surface area contributed by atoms with Crippen LogP contribution in [0, 0.1) is 13.8 Å². The number of aryl methyl sites for hydroxylation is 3. The average Bonchev–Trinajstić information content (AvgIpc) is 2.59. The molecule has 2 aromatic rings. The lowest BCUT2D eigenvalue weighted by Crippen LogP contribution is -2.00. The lowest BCUT2D eigenvalue weighted by molar-refractivity contribution is 0.676. The van der Waals surface area contributed by atoms with Crippen LogP contribution in [0.2, 0.25) is 0 Å². The van der Waals surface area contributed by atoms with Gasteiger partial charge in [-0.1, -0.05) is 0 Å². The van der Waals surface area contributed by atoms with Gasteiger partial charge < -0.3 is 5.73 Å². The predicted octanol–water partition coefficient (Wildman–Crippen LogP) is 0.864. The Bertz CT molecular complexity index is 460. The van der Waals surface area contributed by atoms with Crippen LogP contribution in [0.3, 0.4) is 0 Å². The molecule has 2 rings (SSSR count). The molecule has 2 heterocycles. The second-order valence-corrected chi connectivity index (χ2v) is 3.78. The first-order valence-corrected chi connectivity index (χ1v) is 4.85. The monoisotopic (exact) mass is 205 g/mol. The zero-order valence-corrected chi connectivity index (χ0v) is 9.23. The molecule has 0 aliphatic rings. The minimum Gasteiger partial charge on any atom is -0.396 e. The van der Waals surface area contributed by atoms with Crippen molar-refractivity contribution in [2.75, 3.05) is 5.73 Å². The largest absolute Gasteiger partial charge is 0.396 e. The topological polar surface area (TPSA) is 61.7 Å². The normalized spacial score (nSPS) is 10.9. The highest BCUT2D eigenvalue weighted by atomic mass is 15.3. The Morgan fingerprint density at radius 1 is 1.20 bits per heavy atom. The molecule has 0 saturated carbocycles. The maximum absolute atomic E-state index is 5.73. The molecule has 0 aliphatic carbocycles. The molecule has 0 fully saturated rings. The van der Waals surface area contributed by atoms with E-state index in [1.807, 2.05) is 42.7 Å². The van der Waals surface area contributed by atoms with Gasteiger partial charge in [0.2, 0.25) is 0 Å². The maximum Gasteiger partial charge on any atom is 0.0823 e. The summed E-state index contributed by atoms with van der Waals surface area (Å²) in [5, 5.41) is 8.59. The van der Waals surface area contributed by atoms with E-state index in [0.29, 0.717) is 0 Å². The standard InChI is InChI=1S/C10H15N5/c1-7-9(4-14(3)12-7)5-15-6-10(11)8(2)13-15/h4,6H,5,11H2,1-3H3. The van der Waals surface area contributed by atoms with Gasteiger partial charge in [0.15, 0.2) is 0 Å². The molecule has 0 unspecified atom stereocenters. The number of nitrogens with zero attached hydrogens (tertiary/aromatic N) is 4. The van der Waals surface area contributed by atoms with Gasteiger partial charge in [0, 0.05) is 25.0 Å². The number of nitrogen functional groups attached to an aromatic ring is 1. The van der Waals surface area contributed by atoms with Crippen LogP contribution in [0.5, 0.6) is 0 Å². The van der Waals surface area contributed by atoms with Crippen LogP contribution < -0.4 is 5.73 Å². The average molecular weight is 205 g/mol. The molecule has 0 aromatic carbocycles. The molecule has 0 bridgehead atoms. The van der Waals surface area contributed by atoms with Gasteiger partial charge in [-0.25, -0.2) is 0 Å². The molecule has 0 aliphatic heterocycles. The highest BCUT2D eigenvalue weighted by molar-refractivity contribution is 5.39. The molecule has 0 radical (unpaired) electrons. The van der Waals surface area contributed by atoms with E-state index in [4.69, 9.17) is 5.73 Å². The van der Waals surface area contributed by atoms with Gasteiger partial charge >= 0.3 is 0 Å². The smallest absolute Gasteiger partial charge is 0.0823 e. The third-order valence-corrected chi connectivity index (χ3v) is 2.43. The molecule has 2 N–H and O–H groups in total. The van der Waals surface area contributed by atoms with Gasteiger partial charge in [0.1, 0.15) is 0 Å². The molecule has 80 valence electrons. The van der Waals surface area contributed by atoms with Gasteiger partial charge in [-0.15, -0.1) is 0 Å². The van der Waals surface area contributed by atoms with Crippen LogP contribution in [0.25, 0.3) is 0 Å². The molecule has 0 saturated heterocycles. The second-order valence-electron chi connectivity index (χ2n) is 3.78. The van der Waals surface area contributed by atoms with Crippen LogP contribution in [0.15, 0.2) is 12.4 Å². The van der Waals surface area contributed by atoms with E-state index in [9.17, 15) is 0 Å². The van der Waals surface area contributed by atoms with Gasteiger partial charge in [0.25, 0.3) is 0 Å². The molecular formula is C10H15N5. The number of aromatic nitrogens is 4. The van der Waals surface area contributed by atoms with Crippen molar-refractivity contribution >= 4 is 5.69 Å². The summed E-state index contributed by atoms with van der Waals surface area (Å²) in [6.45, 7) is 4.62. The van der Waals surface area contributed by atoms with E-state index in [-0.39, 0.29) is 0 Å². The highest BCUT2D eigenvalue weighted by Crippen LogP contribution is 2.11. The summed E-state index contributed by atoms with van der Waals surface area (Å²) in [7, 11) is 1.92. The zero-order chi connectivity index (χ0) is 11.0. The van der Waals surface area contributed by atoms with Crippen molar-refractivity contribution in [3.63, 3.8) is 0 Å². The Hall–Kier alpha value is -1.78. The van der Waals surface area contributed by atoms with E-state index in [0.717, 1.165) is 23.6 Å². The van der Waals surface area contributed by atoms with Crippen LogP contribution in [-0.2, 0) is 13.6 Å². The Balaban J connectivity index is 2.25. The second kappa shape index (κ2) is 3.42. The lowest BCUT2D eigenvalue weighted by atomic mass is 10.3. The van der Waals surface area contributed by atoms with E-state index in [1.165, 1.54) is 5.56 Å². The fourth-order valence-corrected chi connectivity index (χ4v) is 1.59. The molecule has 0 amide bonds. The molecule has 2 aromatic heterocycles. The summed E-state index contributed by atoms with van der Waals surface area (Å²) >= 11 is 0. The summed E-state index contributed by atoms with van der Waals surface area (Å²) in [6.07, 6.45) is 3.85. The van der Waals surface area contributed by atoms with E-state index >= 15 is 0 Å². The van der Waals surface area contributed by atoms with Gasteiger partial charge in [-0.3, -0.25) is 9.36 Å². The van der Waals surface area contributed by atoms with Crippen molar-refractivity contribution in [2.24, 2.45) is 7.05 Å². The first-order valence-electron chi connectivity index (χ1n) is 4.85. The molecule has 5 heteroatoms. The molecule has 0 spiro atoms. The van der Waals surface area contributed by atoms with Crippen molar-refractivity contribution in [1.82, 2.24) is 19.6 Å². The third kappa shape index (κ3) is 1.86. The van der Waals surface area contributed by atoms with Crippen molar-refractivity contribution in [1.29, 1.82) is 0 Å². The Morgan fingerprint density at radius 3 is 2.40 bits per heavy atom. The van der Waals surface area contributed by atoms with Gasteiger partial charge in [-0.2, -0.15) is 10.2 Å². The van der Waals surface area contributed by atoms with Crippen molar-refractivity contribution < 1.29 is 0 Å². The number of hydrogen-bond donors (Lipinski definition) is 1. The van der Waals surface area contributed by atoms with Gasteiger partial charge in [-0.05, 0) is 13.8 Å². The Kier molecular flexibility index (Phi) is 2.22. The molecular weight excluding hydrogens is 190 g/mol. The summed E-state index contributed by atoms with van der Waals surface area (Å²) in [5.74, 6) is 0. The highest BCUT2D eigenvalue weighted by Gasteiger charge is 2.06. The zero-order valence-electron chi connectivity index (χ0n) is 9.23. The first kappa shape index (κ1) is 9.76. The van der Waals surface area contributed by atoms with Crippen molar-refractivity contribution in [3.8, 4) is 0 Å². The predicted molar refractivity (Wildman–Crippen MR) is 58.4 cm³/mol. The summed E-state index contributed by atoms with van der Waals surface area (Å²) in [6, 6.07) is 0. The lowest BCUT2D eigenvalue weighted by Gasteiger charge is -1.98. The van der Waals surface area contributed by atoms with Crippen molar-refractivity contribution in [2.45, 2.75) is 20.4 Å². The fraction of sp³-hybridized carbons (Fsp3) is 0.400. The maximum atomic E-state index is 5.73. The minimum atomic E-state index is 0.720. The minimum absolute atomic E-state index is 0.720. The molecule has 5 nitrogen and oxygen atoms in total. The SMILES string of the molecule is Cc1nn(Cc2cn(C)nc2C)cc1N. The molecule has 15 heavy (non-hydrogen) atoms. The number of hydrogen-bond acceptors (Lipinski definition) is 3. The quantitative estimate of drug-likeness (QED) is 0.791. The summed E-state index contributed by atoms with van der Waals surface area (Å²) in [5.41, 5.74) is 9.54. The third-order valence-electron chi connectivity index (χ3n) is 2.43. The van der Waals surface area contributed by atoms with E-state index in [1.54, 1.807) is 0 Å². The Labute approximate surface area is 88.5 Å². The Morgan fingerprint density at radius 2 is 1.93 bits per heavy atom. The van der Waals surface area contributed by atoms with Crippen LogP contribution >= 0.6 is 0 Å². The first-order chi connectivity index (χ1) is 7.06. The van der Waals surface area contributed by atoms with Gasteiger partial charge in [0.05, 0.1) is 23.6 Å². The fourth-order valence-electron chi connectivity index (χ4n) is 1.59.